The summed E-state index contributed by atoms with van der Waals surface area (Å²) in [6.45, 7) is 5.55. The van der Waals surface area contributed by atoms with Crippen molar-refractivity contribution in [2.75, 3.05) is 13.1 Å². The lowest BCUT2D eigenvalue weighted by Gasteiger charge is -2.18. The standard InChI is InChI=1S/C11H16N2O3/c1-4-13(6-9(14)15)11(16)10-7(2)5-8(3)12-10/h5,12H,4,6H2,1-3H3,(H,14,15). The fraction of sp³-hybridized carbons (Fsp3) is 0.455. The lowest BCUT2D eigenvalue weighted by atomic mass is 10.2. The van der Waals surface area contributed by atoms with Gasteiger partial charge in [-0.25, -0.2) is 0 Å². The van der Waals surface area contributed by atoms with Crippen LogP contribution in [0.3, 0.4) is 0 Å². The van der Waals surface area contributed by atoms with Crippen molar-refractivity contribution in [2.24, 2.45) is 0 Å². The maximum Gasteiger partial charge on any atom is 0.323 e. The molecule has 0 spiro atoms. The maximum atomic E-state index is 12.0. The van der Waals surface area contributed by atoms with Crippen LogP contribution in [-0.4, -0.2) is 40.0 Å². The third-order valence-electron chi connectivity index (χ3n) is 2.36. The third-order valence-corrected chi connectivity index (χ3v) is 2.36. The number of hydrogen-bond donors (Lipinski definition) is 2. The first-order valence-electron chi connectivity index (χ1n) is 5.13. The number of nitrogens with one attached hydrogen (secondary N) is 1. The molecule has 1 rings (SSSR count). The van der Waals surface area contributed by atoms with Gasteiger partial charge in [-0.3, -0.25) is 9.59 Å². The van der Waals surface area contributed by atoms with Crippen LogP contribution in [0.25, 0.3) is 0 Å². The minimum Gasteiger partial charge on any atom is -0.480 e. The van der Waals surface area contributed by atoms with E-state index in [2.05, 4.69) is 4.98 Å². The molecule has 0 aliphatic carbocycles. The Morgan fingerprint density at radius 1 is 1.44 bits per heavy atom. The number of aromatic amines is 1. The fourth-order valence-electron chi connectivity index (χ4n) is 1.60. The summed E-state index contributed by atoms with van der Waals surface area (Å²) in [5, 5.41) is 8.68. The Morgan fingerprint density at radius 2 is 2.06 bits per heavy atom. The number of aryl methyl sites for hydroxylation is 2. The van der Waals surface area contributed by atoms with Gasteiger partial charge in [-0.2, -0.15) is 0 Å². The van der Waals surface area contributed by atoms with Crippen LogP contribution in [0, 0.1) is 13.8 Å². The first-order chi connectivity index (χ1) is 7.45. The van der Waals surface area contributed by atoms with Crippen molar-refractivity contribution in [1.29, 1.82) is 0 Å². The van der Waals surface area contributed by atoms with E-state index in [4.69, 9.17) is 5.11 Å². The quantitative estimate of drug-likeness (QED) is 0.806. The second-order valence-corrected chi connectivity index (χ2v) is 3.72. The highest BCUT2D eigenvalue weighted by molar-refractivity contribution is 5.95. The van der Waals surface area contributed by atoms with Crippen molar-refractivity contribution in [3.05, 3.63) is 23.0 Å². The molecule has 0 radical (unpaired) electrons. The van der Waals surface area contributed by atoms with Gasteiger partial charge < -0.3 is 15.0 Å². The molecule has 88 valence electrons. The summed E-state index contributed by atoms with van der Waals surface area (Å²) in [6, 6.07) is 1.86. The summed E-state index contributed by atoms with van der Waals surface area (Å²) in [4.78, 5) is 26.8. The van der Waals surface area contributed by atoms with Gasteiger partial charge in [0.2, 0.25) is 0 Å². The Morgan fingerprint density at radius 3 is 2.44 bits per heavy atom. The summed E-state index contributed by atoms with van der Waals surface area (Å²) in [6.07, 6.45) is 0. The van der Waals surface area contributed by atoms with Gasteiger partial charge in [-0.15, -0.1) is 0 Å². The summed E-state index contributed by atoms with van der Waals surface area (Å²) >= 11 is 0. The lowest BCUT2D eigenvalue weighted by molar-refractivity contribution is -0.137. The highest BCUT2D eigenvalue weighted by Gasteiger charge is 2.19. The summed E-state index contributed by atoms with van der Waals surface area (Å²) < 4.78 is 0. The van der Waals surface area contributed by atoms with Crippen molar-refractivity contribution in [3.63, 3.8) is 0 Å². The predicted molar refractivity (Wildman–Crippen MR) is 59.5 cm³/mol. The first kappa shape index (κ1) is 12.3. The SMILES string of the molecule is CCN(CC(=O)O)C(=O)c1[nH]c(C)cc1C. The second kappa shape index (κ2) is 4.83. The number of H-pyrrole nitrogens is 1. The van der Waals surface area contributed by atoms with E-state index in [1.54, 1.807) is 6.92 Å². The molecule has 0 aromatic carbocycles. The van der Waals surface area contributed by atoms with Gasteiger partial charge in [0.25, 0.3) is 5.91 Å². The van der Waals surface area contributed by atoms with Crippen LogP contribution in [0.1, 0.15) is 28.7 Å². The van der Waals surface area contributed by atoms with E-state index in [-0.39, 0.29) is 12.5 Å². The number of aromatic nitrogens is 1. The normalized spacial score (nSPS) is 10.2. The Bertz CT molecular complexity index is 409. The number of aliphatic carboxylic acids is 1. The summed E-state index contributed by atoms with van der Waals surface area (Å²) in [5.74, 6) is -1.27. The van der Waals surface area contributed by atoms with E-state index in [0.717, 1.165) is 11.3 Å². The third kappa shape index (κ3) is 2.62. The first-order valence-corrected chi connectivity index (χ1v) is 5.13. The van der Waals surface area contributed by atoms with Gasteiger partial charge in [0.15, 0.2) is 0 Å². The molecule has 1 heterocycles. The monoisotopic (exact) mass is 224 g/mol. The van der Waals surface area contributed by atoms with Crippen LogP contribution >= 0.6 is 0 Å². The number of nitrogens with zero attached hydrogens (tertiary/aromatic N) is 1. The number of rotatable bonds is 4. The molecule has 1 aromatic rings. The van der Waals surface area contributed by atoms with Crippen LogP contribution in [0.5, 0.6) is 0 Å². The largest absolute Gasteiger partial charge is 0.480 e. The number of hydrogen-bond acceptors (Lipinski definition) is 2. The molecule has 0 aliphatic rings. The van der Waals surface area contributed by atoms with E-state index < -0.39 is 5.97 Å². The molecule has 0 aliphatic heterocycles. The molecule has 5 nitrogen and oxygen atoms in total. The van der Waals surface area contributed by atoms with E-state index in [1.807, 2.05) is 19.9 Å². The van der Waals surface area contributed by atoms with Gasteiger partial charge in [0.05, 0.1) is 0 Å². The van der Waals surface area contributed by atoms with Crippen LogP contribution in [0.2, 0.25) is 0 Å². The van der Waals surface area contributed by atoms with Crippen molar-refractivity contribution >= 4 is 11.9 Å². The number of carboxylic acid groups (broad SMARTS) is 1. The number of likely N-dealkylation sites (N-methyl/N-ethyl adjacent to an activating group) is 1. The lowest BCUT2D eigenvalue weighted by Crippen LogP contribution is -2.36. The smallest absolute Gasteiger partial charge is 0.323 e. The molecule has 2 N–H and O–H groups in total. The topological polar surface area (TPSA) is 73.4 Å². The van der Waals surface area contributed by atoms with Crippen LogP contribution < -0.4 is 0 Å². The second-order valence-electron chi connectivity index (χ2n) is 3.72. The molecular weight excluding hydrogens is 208 g/mol. The number of carboxylic acids is 1. The van der Waals surface area contributed by atoms with E-state index >= 15 is 0 Å². The molecule has 1 amide bonds. The van der Waals surface area contributed by atoms with Gasteiger partial charge in [-0.1, -0.05) is 0 Å². The molecule has 0 saturated heterocycles. The van der Waals surface area contributed by atoms with Crippen LogP contribution in [-0.2, 0) is 4.79 Å². The molecule has 0 atom stereocenters. The molecule has 5 heteroatoms. The Kier molecular flexibility index (Phi) is 3.71. The molecule has 1 aromatic heterocycles. The van der Waals surface area contributed by atoms with Gasteiger partial charge in [-0.05, 0) is 32.4 Å². The molecular formula is C11H16N2O3. The zero-order valence-electron chi connectivity index (χ0n) is 9.70. The van der Waals surface area contributed by atoms with E-state index in [1.165, 1.54) is 4.90 Å². The van der Waals surface area contributed by atoms with Crippen molar-refractivity contribution < 1.29 is 14.7 Å². The molecule has 0 fully saturated rings. The number of carbonyl (C=O) groups excluding carboxylic acids is 1. The highest BCUT2D eigenvalue weighted by Crippen LogP contribution is 2.11. The van der Waals surface area contributed by atoms with E-state index in [9.17, 15) is 9.59 Å². The zero-order valence-corrected chi connectivity index (χ0v) is 9.70. The molecule has 0 saturated carbocycles. The number of amides is 1. The summed E-state index contributed by atoms with van der Waals surface area (Å²) in [5.41, 5.74) is 2.21. The van der Waals surface area contributed by atoms with Crippen LogP contribution in [0.4, 0.5) is 0 Å². The fourth-order valence-corrected chi connectivity index (χ4v) is 1.60. The highest BCUT2D eigenvalue weighted by atomic mass is 16.4. The molecule has 0 unspecified atom stereocenters. The van der Waals surface area contributed by atoms with Gasteiger partial charge >= 0.3 is 5.97 Å². The van der Waals surface area contributed by atoms with Crippen LogP contribution in [0.15, 0.2) is 6.07 Å². The minimum absolute atomic E-state index is 0.268. The van der Waals surface area contributed by atoms with Crippen molar-refractivity contribution in [3.8, 4) is 0 Å². The Hall–Kier alpha value is -1.78. The Labute approximate surface area is 94.1 Å². The summed E-state index contributed by atoms with van der Waals surface area (Å²) in [7, 11) is 0. The van der Waals surface area contributed by atoms with E-state index in [0.29, 0.717) is 12.2 Å². The Balaban J connectivity index is 2.91. The zero-order chi connectivity index (χ0) is 12.3. The number of carbonyl (C=O) groups is 2. The average Bonchev–Trinajstić information content (AvgIpc) is 2.53. The van der Waals surface area contributed by atoms with Gasteiger partial charge in [0.1, 0.15) is 12.2 Å². The van der Waals surface area contributed by atoms with Crippen molar-refractivity contribution in [2.45, 2.75) is 20.8 Å². The van der Waals surface area contributed by atoms with Crippen molar-refractivity contribution in [1.82, 2.24) is 9.88 Å². The minimum atomic E-state index is -1.00. The average molecular weight is 224 g/mol. The molecule has 16 heavy (non-hydrogen) atoms. The van der Waals surface area contributed by atoms with Gasteiger partial charge in [0, 0.05) is 12.2 Å². The predicted octanol–water partition coefficient (Wildman–Crippen LogP) is 1.18. The maximum absolute atomic E-state index is 12.0. The molecule has 0 bridgehead atoms.